The fourth-order valence-electron chi connectivity index (χ4n) is 2.22. The molecule has 0 saturated carbocycles. The van der Waals surface area contributed by atoms with E-state index < -0.39 is 0 Å². The highest BCUT2D eigenvalue weighted by molar-refractivity contribution is 5.92. The van der Waals surface area contributed by atoms with Gasteiger partial charge in [0.25, 0.3) is 5.91 Å². The number of hydrogen-bond acceptors (Lipinski definition) is 1. The molecule has 0 fully saturated rings. The Hall–Kier alpha value is -2.03. The Morgan fingerprint density at radius 2 is 1.65 bits per heavy atom. The largest absolute Gasteiger partial charge is 0.347 e. The van der Waals surface area contributed by atoms with E-state index in [1.54, 1.807) is 0 Å². The van der Waals surface area contributed by atoms with Crippen molar-refractivity contribution in [2.24, 2.45) is 7.05 Å². The zero-order chi connectivity index (χ0) is 14.7. The Morgan fingerprint density at radius 1 is 1.05 bits per heavy atom. The van der Waals surface area contributed by atoms with E-state index >= 15 is 0 Å². The summed E-state index contributed by atoms with van der Waals surface area (Å²) in [6.07, 6.45) is 1.87. The fraction of sp³-hybridized carbons (Fsp3) is 0.353. The van der Waals surface area contributed by atoms with Gasteiger partial charge >= 0.3 is 0 Å². The van der Waals surface area contributed by atoms with E-state index in [0.29, 0.717) is 11.6 Å². The molecular weight excluding hydrogens is 248 g/mol. The third-order valence-corrected chi connectivity index (χ3v) is 3.63. The number of carbonyl (C=O) groups excluding carboxylic acids is 1. The normalized spacial score (nSPS) is 12.4. The third-order valence-electron chi connectivity index (χ3n) is 3.63. The highest BCUT2D eigenvalue weighted by Gasteiger charge is 2.13. The zero-order valence-corrected chi connectivity index (χ0v) is 12.6. The van der Waals surface area contributed by atoms with Crippen LogP contribution in [-0.2, 0) is 7.05 Å². The first-order chi connectivity index (χ1) is 9.49. The van der Waals surface area contributed by atoms with Crippen LogP contribution in [0.3, 0.4) is 0 Å². The molecule has 1 atom stereocenters. The number of rotatable bonds is 4. The van der Waals surface area contributed by atoms with Crippen LogP contribution in [0.1, 0.15) is 54.3 Å². The van der Waals surface area contributed by atoms with Crippen molar-refractivity contribution in [1.82, 2.24) is 9.88 Å². The first kappa shape index (κ1) is 14.4. The number of amides is 1. The van der Waals surface area contributed by atoms with Gasteiger partial charge in [0.15, 0.2) is 0 Å². The SMILES string of the molecule is CC(C)c1ccc([C@@H](C)NC(=O)c2cccn2C)cc1. The first-order valence-electron chi connectivity index (χ1n) is 7.01. The highest BCUT2D eigenvalue weighted by atomic mass is 16.2. The van der Waals surface area contributed by atoms with Crippen molar-refractivity contribution in [3.8, 4) is 0 Å². The van der Waals surface area contributed by atoms with Crippen LogP contribution in [0.5, 0.6) is 0 Å². The number of nitrogens with one attached hydrogen (secondary N) is 1. The van der Waals surface area contributed by atoms with Crippen molar-refractivity contribution in [3.63, 3.8) is 0 Å². The topological polar surface area (TPSA) is 34.0 Å². The minimum Gasteiger partial charge on any atom is -0.347 e. The maximum Gasteiger partial charge on any atom is 0.268 e. The van der Waals surface area contributed by atoms with Crippen molar-refractivity contribution < 1.29 is 4.79 Å². The van der Waals surface area contributed by atoms with E-state index in [4.69, 9.17) is 0 Å². The molecule has 2 rings (SSSR count). The van der Waals surface area contributed by atoms with Gasteiger partial charge in [-0.05, 0) is 36.1 Å². The molecule has 1 heterocycles. The Kier molecular flexibility index (Phi) is 4.28. The van der Waals surface area contributed by atoms with Crippen LogP contribution < -0.4 is 5.32 Å². The quantitative estimate of drug-likeness (QED) is 0.904. The van der Waals surface area contributed by atoms with Gasteiger partial charge < -0.3 is 9.88 Å². The molecule has 1 aromatic heterocycles. The second-order valence-corrected chi connectivity index (χ2v) is 5.52. The molecule has 2 aromatic rings. The summed E-state index contributed by atoms with van der Waals surface area (Å²) in [5.41, 5.74) is 3.11. The second-order valence-electron chi connectivity index (χ2n) is 5.52. The molecule has 0 aliphatic rings. The number of carbonyl (C=O) groups is 1. The Balaban J connectivity index is 2.06. The van der Waals surface area contributed by atoms with Gasteiger partial charge in [0.1, 0.15) is 5.69 Å². The van der Waals surface area contributed by atoms with Gasteiger partial charge in [-0.3, -0.25) is 4.79 Å². The minimum absolute atomic E-state index is 0.00128. The van der Waals surface area contributed by atoms with Crippen LogP contribution in [0.25, 0.3) is 0 Å². The Labute approximate surface area is 120 Å². The smallest absolute Gasteiger partial charge is 0.268 e. The molecule has 1 N–H and O–H groups in total. The summed E-state index contributed by atoms with van der Waals surface area (Å²) in [6, 6.07) is 12.1. The van der Waals surface area contributed by atoms with Crippen LogP contribution in [0.4, 0.5) is 0 Å². The fourth-order valence-corrected chi connectivity index (χ4v) is 2.22. The number of aromatic nitrogens is 1. The Bertz CT molecular complexity index is 581. The van der Waals surface area contributed by atoms with Crippen molar-refractivity contribution >= 4 is 5.91 Å². The molecule has 0 aliphatic carbocycles. The van der Waals surface area contributed by atoms with Crippen molar-refractivity contribution in [2.75, 3.05) is 0 Å². The van der Waals surface area contributed by atoms with Gasteiger partial charge in [-0.2, -0.15) is 0 Å². The predicted octanol–water partition coefficient (Wildman–Crippen LogP) is 3.64. The molecule has 0 radical (unpaired) electrons. The molecule has 0 aliphatic heterocycles. The second kappa shape index (κ2) is 5.95. The van der Waals surface area contributed by atoms with Crippen molar-refractivity contribution in [3.05, 3.63) is 59.4 Å². The summed E-state index contributed by atoms with van der Waals surface area (Å²) in [6.45, 7) is 6.36. The van der Waals surface area contributed by atoms with E-state index in [0.717, 1.165) is 5.56 Å². The summed E-state index contributed by atoms with van der Waals surface area (Å²) in [4.78, 5) is 12.2. The molecule has 0 unspecified atom stereocenters. The average Bonchev–Trinajstić information content (AvgIpc) is 2.85. The lowest BCUT2D eigenvalue weighted by Crippen LogP contribution is -2.28. The summed E-state index contributed by atoms with van der Waals surface area (Å²) < 4.78 is 1.82. The highest BCUT2D eigenvalue weighted by Crippen LogP contribution is 2.18. The molecule has 20 heavy (non-hydrogen) atoms. The zero-order valence-electron chi connectivity index (χ0n) is 12.6. The van der Waals surface area contributed by atoms with Crippen LogP contribution in [0, 0.1) is 0 Å². The van der Waals surface area contributed by atoms with Gasteiger partial charge in [-0.15, -0.1) is 0 Å². The van der Waals surface area contributed by atoms with Crippen molar-refractivity contribution in [2.45, 2.75) is 32.7 Å². The van der Waals surface area contributed by atoms with Crippen LogP contribution in [0.2, 0.25) is 0 Å². The maximum atomic E-state index is 12.2. The molecule has 0 saturated heterocycles. The van der Waals surface area contributed by atoms with E-state index in [9.17, 15) is 4.79 Å². The summed E-state index contributed by atoms with van der Waals surface area (Å²) in [5, 5.41) is 3.03. The monoisotopic (exact) mass is 270 g/mol. The van der Waals surface area contributed by atoms with Crippen LogP contribution in [-0.4, -0.2) is 10.5 Å². The first-order valence-corrected chi connectivity index (χ1v) is 7.01. The summed E-state index contributed by atoms with van der Waals surface area (Å²) in [5.74, 6) is 0.482. The third kappa shape index (κ3) is 3.10. The van der Waals surface area contributed by atoms with Gasteiger partial charge in [-0.1, -0.05) is 38.1 Å². The van der Waals surface area contributed by atoms with Crippen LogP contribution >= 0.6 is 0 Å². The van der Waals surface area contributed by atoms with E-state index in [1.807, 2.05) is 36.9 Å². The van der Waals surface area contributed by atoms with E-state index in [1.165, 1.54) is 5.56 Å². The van der Waals surface area contributed by atoms with Gasteiger partial charge in [0.05, 0.1) is 6.04 Å². The van der Waals surface area contributed by atoms with E-state index in [-0.39, 0.29) is 11.9 Å². The van der Waals surface area contributed by atoms with Crippen LogP contribution in [0.15, 0.2) is 42.6 Å². The lowest BCUT2D eigenvalue weighted by atomic mass is 9.99. The molecular formula is C17H22N2O. The molecule has 1 amide bonds. The van der Waals surface area contributed by atoms with Gasteiger partial charge in [0.2, 0.25) is 0 Å². The Morgan fingerprint density at radius 3 is 2.15 bits per heavy atom. The minimum atomic E-state index is -0.0436. The lowest BCUT2D eigenvalue weighted by molar-refractivity contribution is 0.0931. The summed E-state index contributed by atoms with van der Waals surface area (Å²) >= 11 is 0. The van der Waals surface area contributed by atoms with Gasteiger partial charge in [0, 0.05) is 13.2 Å². The number of benzene rings is 1. The molecule has 106 valence electrons. The maximum absolute atomic E-state index is 12.2. The van der Waals surface area contributed by atoms with Crippen molar-refractivity contribution in [1.29, 1.82) is 0 Å². The molecule has 3 nitrogen and oxygen atoms in total. The molecule has 0 bridgehead atoms. The number of nitrogens with zero attached hydrogens (tertiary/aromatic N) is 1. The van der Waals surface area contributed by atoms with Gasteiger partial charge in [-0.25, -0.2) is 0 Å². The lowest BCUT2D eigenvalue weighted by Gasteiger charge is -2.16. The predicted molar refractivity (Wildman–Crippen MR) is 81.8 cm³/mol. The number of hydrogen-bond donors (Lipinski definition) is 1. The molecule has 1 aromatic carbocycles. The molecule has 3 heteroatoms. The average molecular weight is 270 g/mol. The standard InChI is InChI=1S/C17H22N2O/c1-12(2)14-7-9-15(10-8-14)13(3)18-17(20)16-6-5-11-19(16)4/h5-13H,1-4H3,(H,18,20)/t13-/m1/s1. The van der Waals surface area contributed by atoms with E-state index in [2.05, 4.69) is 43.4 Å². The number of aryl methyl sites for hydroxylation is 1. The summed E-state index contributed by atoms with van der Waals surface area (Å²) in [7, 11) is 1.87. The molecule has 0 spiro atoms.